The van der Waals surface area contributed by atoms with E-state index in [4.69, 9.17) is 0 Å². The first-order chi connectivity index (χ1) is 14.1. The standard InChI is InChI=1S/C23H24N4OS/c1-17-20-16-21(29-23(20)27(25-17)19-12-7-4-8-13-19)22(28)24-14-9-15-26(2)18-10-5-3-6-11-18/h3-8,10-13,16H,9,14-15H2,1-2H3,(H,24,28). The highest BCUT2D eigenvalue weighted by Crippen LogP contribution is 2.30. The number of hydrogen-bond acceptors (Lipinski definition) is 4. The Hall–Kier alpha value is -3.12. The van der Waals surface area contributed by atoms with Crippen LogP contribution < -0.4 is 10.2 Å². The average Bonchev–Trinajstić information content (AvgIpc) is 3.33. The Kier molecular flexibility index (Phi) is 5.62. The number of aromatic nitrogens is 2. The van der Waals surface area contributed by atoms with E-state index in [9.17, 15) is 4.79 Å². The van der Waals surface area contributed by atoms with Crippen LogP contribution in [-0.2, 0) is 0 Å². The molecule has 0 atom stereocenters. The number of nitrogens with zero attached hydrogens (tertiary/aromatic N) is 3. The SMILES string of the molecule is Cc1nn(-c2ccccc2)c2sc(C(=O)NCCCN(C)c3ccccc3)cc12. The molecule has 2 aromatic carbocycles. The summed E-state index contributed by atoms with van der Waals surface area (Å²) in [6.07, 6.45) is 0.888. The van der Waals surface area contributed by atoms with Crippen LogP contribution in [0.3, 0.4) is 0 Å². The minimum atomic E-state index is -0.0208. The second-order valence-corrected chi connectivity index (χ2v) is 8.06. The fourth-order valence-electron chi connectivity index (χ4n) is 3.32. The van der Waals surface area contributed by atoms with Crippen molar-refractivity contribution in [3.05, 3.63) is 77.3 Å². The summed E-state index contributed by atoms with van der Waals surface area (Å²) in [6.45, 7) is 3.52. The van der Waals surface area contributed by atoms with Gasteiger partial charge < -0.3 is 10.2 Å². The molecule has 0 spiro atoms. The van der Waals surface area contributed by atoms with Crippen molar-refractivity contribution in [2.45, 2.75) is 13.3 Å². The normalized spacial score (nSPS) is 11.0. The van der Waals surface area contributed by atoms with Gasteiger partial charge in [-0.3, -0.25) is 4.79 Å². The van der Waals surface area contributed by atoms with E-state index in [0.29, 0.717) is 6.54 Å². The number of carbonyl (C=O) groups is 1. The Morgan fingerprint density at radius 3 is 2.52 bits per heavy atom. The summed E-state index contributed by atoms with van der Waals surface area (Å²) in [4.78, 5) is 16.6. The van der Waals surface area contributed by atoms with E-state index in [1.54, 1.807) is 0 Å². The average molecular weight is 405 g/mol. The fourth-order valence-corrected chi connectivity index (χ4v) is 4.42. The Labute approximate surface area is 174 Å². The molecule has 0 fully saturated rings. The van der Waals surface area contributed by atoms with Gasteiger partial charge in [0.05, 0.1) is 16.3 Å². The lowest BCUT2D eigenvalue weighted by atomic mass is 10.3. The third-order valence-corrected chi connectivity index (χ3v) is 6.03. The molecule has 1 amide bonds. The van der Waals surface area contributed by atoms with Crippen molar-refractivity contribution in [1.82, 2.24) is 15.1 Å². The molecule has 0 saturated carbocycles. The largest absolute Gasteiger partial charge is 0.375 e. The Morgan fingerprint density at radius 1 is 1.10 bits per heavy atom. The maximum atomic E-state index is 12.6. The van der Waals surface area contributed by atoms with Gasteiger partial charge >= 0.3 is 0 Å². The Balaban J connectivity index is 1.39. The number of carbonyl (C=O) groups excluding carboxylic acids is 1. The summed E-state index contributed by atoms with van der Waals surface area (Å²) in [5.74, 6) is -0.0208. The highest BCUT2D eigenvalue weighted by atomic mass is 32.1. The van der Waals surface area contributed by atoms with Gasteiger partial charge in [0.1, 0.15) is 4.83 Å². The molecule has 0 aliphatic carbocycles. The van der Waals surface area contributed by atoms with Crippen molar-refractivity contribution in [3.63, 3.8) is 0 Å². The van der Waals surface area contributed by atoms with Crippen LogP contribution in [0, 0.1) is 6.92 Å². The highest BCUT2D eigenvalue weighted by Gasteiger charge is 2.16. The number of anilines is 1. The van der Waals surface area contributed by atoms with Crippen molar-refractivity contribution >= 4 is 33.1 Å². The molecule has 0 aliphatic rings. The molecule has 4 rings (SSSR count). The van der Waals surface area contributed by atoms with E-state index < -0.39 is 0 Å². The van der Waals surface area contributed by atoms with Crippen LogP contribution in [0.15, 0.2) is 66.7 Å². The monoisotopic (exact) mass is 404 g/mol. The quantitative estimate of drug-likeness (QED) is 0.456. The molecule has 2 aromatic heterocycles. The van der Waals surface area contributed by atoms with Gasteiger partial charge in [0.15, 0.2) is 0 Å². The number of para-hydroxylation sites is 2. The summed E-state index contributed by atoms with van der Waals surface area (Å²) >= 11 is 1.49. The van der Waals surface area contributed by atoms with E-state index in [1.165, 1.54) is 17.0 Å². The third kappa shape index (κ3) is 4.17. The van der Waals surface area contributed by atoms with Gasteiger partial charge in [-0.25, -0.2) is 4.68 Å². The molecule has 0 aliphatic heterocycles. The lowest BCUT2D eigenvalue weighted by Crippen LogP contribution is -2.27. The van der Waals surface area contributed by atoms with Gasteiger partial charge in [0, 0.05) is 31.2 Å². The zero-order valence-electron chi connectivity index (χ0n) is 16.6. The summed E-state index contributed by atoms with van der Waals surface area (Å²) in [7, 11) is 2.07. The minimum absolute atomic E-state index is 0.0208. The molecular weight excluding hydrogens is 380 g/mol. The maximum Gasteiger partial charge on any atom is 0.261 e. The van der Waals surface area contributed by atoms with E-state index in [2.05, 4.69) is 34.5 Å². The Bertz CT molecular complexity index is 1100. The van der Waals surface area contributed by atoms with Crippen LogP contribution in [0.25, 0.3) is 15.9 Å². The molecule has 0 saturated heterocycles. The summed E-state index contributed by atoms with van der Waals surface area (Å²) in [5, 5.41) is 8.72. The van der Waals surface area contributed by atoms with Crippen molar-refractivity contribution in [2.75, 3.05) is 25.0 Å². The van der Waals surface area contributed by atoms with Crippen LogP contribution in [-0.4, -0.2) is 35.8 Å². The van der Waals surface area contributed by atoms with E-state index in [-0.39, 0.29) is 5.91 Å². The smallest absolute Gasteiger partial charge is 0.261 e. The molecule has 0 unspecified atom stereocenters. The zero-order valence-corrected chi connectivity index (χ0v) is 17.4. The first kappa shape index (κ1) is 19.2. The van der Waals surface area contributed by atoms with Gasteiger partial charge in [-0.05, 0) is 43.7 Å². The number of hydrogen-bond donors (Lipinski definition) is 1. The Morgan fingerprint density at radius 2 is 1.79 bits per heavy atom. The van der Waals surface area contributed by atoms with Crippen LogP contribution in [0.5, 0.6) is 0 Å². The van der Waals surface area contributed by atoms with E-state index >= 15 is 0 Å². The van der Waals surface area contributed by atoms with Crippen LogP contribution in [0.4, 0.5) is 5.69 Å². The van der Waals surface area contributed by atoms with Gasteiger partial charge in [0.2, 0.25) is 0 Å². The van der Waals surface area contributed by atoms with E-state index in [1.807, 2.05) is 66.2 Å². The second-order valence-electron chi connectivity index (χ2n) is 7.03. The third-order valence-electron chi connectivity index (χ3n) is 4.92. The predicted octanol–water partition coefficient (Wildman–Crippen LogP) is 4.65. The van der Waals surface area contributed by atoms with Gasteiger partial charge in [-0.15, -0.1) is 11.3 Å². The molecule has 0 radical (unpaired) electrons. The molecule has 2 heterocycles. The number of thiophene rings is 1. The van der Waals surface area contributed by atoms with Crippen molar-refractivity contribution < 1.29 is 4.79 Å². The number of rotatable bonds is 7. The summed E-state index contributed by atoms with van der Waals surface area (Å²) in [5.41, 5.74) is 3.12. The lowest BCUT2D eigenvalue weighted by molar-refractivity contribution is 0.0957. The van der Waals surface area contributed by atoms with Crippen LogP contribution in [0.2, 0.25) is 0 Å². The number of nitrogens with one attached hydrogen (secondary N) is 1. The van der Waals surface area contributed by atoms with Crippen LogP contribution >= 0.6 is 11.3 Å². The molecule has 148 valence electrons. The number of aryl methyl sites for hydroxylation is 1. The molecule has 1 N–H and O–H groups in total. The topological polar surface area (TPSA) is 50.2 Å². The molecular formula is C23H24N4OS. The molecule has 5 nitrogen and oxygen atoms in total. The summed E-state index contributed by atoms with van der Waals surface area (Å²) in [6, 6.07) is 22.2. The number of amides is 1. The number of benzene rings is 2. The van der Waals surface area contributed by atoms with Crippen molar-refractivity contribution in [2.24, 2.45) is 0 Å². The van der Waals surface area contributed by atoms with E-state index in [0.717, 1.165) is 39.4 Å². The molecule has 29 heavy (non-hydrogen) atoms. The van der Waals surface area contributed by atoms with Crippen LogP contribution in [0.1, 0.15) is 21.8 Å². The second kappa shape index (κ2) is 8.49. The molecule has 6 heteroatoms. The first-order valence-corrected chi connectivity index (χ1v) is 10.5. The molecule has 4 aromatic rings. The fraction of sp³-hybridized carbons (Fsp3) is 0.217. The lowest BCUT2D eigenvalue weighted by Gasteiger charge is -2.19. The van der Waals surface area contributed by atoms with Gasteiger partial charge in [0.25, 0.3) is 5.91 Å². The van der Waals surface area contributed by atoms with Gasteiger partial charge in [-0.2, -0.15) is 5.10 Å². The predicted molar refractivity (Wildman–Crippen MR) is 120 cm³/mol. The van der Waals surface area contributed by atoms with Crippen molar-refractivity contribution in [3.8, 4) is 5.69 Å². The van der Waals surface area contributed by atoms with Gasteiger partial charge in [-0.1, -0.05) is 36.4 Å². The number of fused-ring (bicyclic) bond motifs is 1. The summed E-state index contributed by atoms with van der Waals surface area (Å²) < 4.78 is 1.92. The first-order valence-electron chi connectivity index (χ1n) is 9.72. The maximum absolute atomic E-state index is 12.6. The van der Waals surface area contributed by atoms with Crippen molar-refractivity contribution in [1.29, 1.82) is 0 Å². The molecule has 0 bridgehead atoms. The minimum Gasteiger partial charge on any atom is -0.375 e. The highest BCUT2D eigenvalue weighted by molar-refractivity contribution is 7.20. The zero-order chi connectivity index (χ0) is 20.2.